The van der Waals surface area contributed by atoms with Crippen molar-refractivity contribution in [1.29, 1.82) is 0 Å². The van der Waals surface area contributed by atoms with Crippen LogP contribution in [0.1, 0.15) is 12.7 Å². The quantitative estimate of drug-likeness (QED) is 0.722. The molecule has 4 nitrogen and oxygen atoms in total. The second kappa shape index (κ2) is 4.89. The second-order valence-electron chi connectivity index (χ2n) is 3.16. The Kier molecular flexibility index (Phi) is 3.79. The van der Waals surface area contributed by atoms with Crippen molar-refractivity contribution in [3.8, 4) is 0 Å². The Bertz CT molecular complexity index is 237. The standard InChI is InChI=1S/C9H16N4/c1-8(6-10)13(2)7-9-11-4-3-5-12-9/h3-5,8H,6-7,10H2,1-2H3. The topological polar surface area (TPSA) is 55.0 Å². The van der Waals surface area contributed by atoms with Crippen molar-refractivity contribution in [2.45, 2.75) is 19.5 Å². The van der Waals surface area contributed by atoms with Gasteiger partial charge >= 0.3 is 0 Å². The molecule has 0 radical (unpaired) electrons. The van der Waals surface area contributed by atoms with Gasteiger partial charge in [-0.1, -0.05) is 0 Å². The number of nitrogens with zero attached hydrogens (tertiary/aromatic N) is 3. The molecule has 1 unspecified atom stereocenters. The summed E-state index contributed by atoms with van der Waals surface area (Å²) in [6, 6.07) is 2.18. The summed E-state index contributed by atoms with van der Waals surface area (Å²) in [7, 11) is 2.02. The van der Waals surface area contributed by atoms with E-state index >= 15 is 0 Å². The summed E-state index contributed by atoms with van der Waals surface area (Å²) >= 11 is 0. The van der Waals surface area contributed by atoms with Crippen molar-refractivity contribution < 1.29 is 0 Å². The molecule has 1 rings (SSSR count). The van der Waals surface area contributed by atoms with Crippen LogP contribution in [0.2, 0.25) is 0 Å². The van der Waals surface area contributed by atoms with Gasteiger partial charge in [-0.05, 0) is 20.0 Å². The van der Waals surface area contributed by atoms with Crippen LogP contribution in [0.3, 0.4) is 0 Å². The summed E-state index contributed by atoms with van der Waals surface area (Å²) in [5.74, 6) is 0.838. The third-order valence-electron chi connectivity index (χ3n) is 2.10. The third kappa shape index (κ3) is 3.08. The van der Waals surface area contributed by atoms with Gasteiger partial charge in [-0.2, -0.15) is 0 Å². The molecule has 0 aromatic carbocycles. The van der Waals surface area contributed by atoms with Crippen LogP contribution in [-0.2, 0) is 6.54 Å². The van der Waals surface area contributed by atoms with E-state index in [9.17, 15) is 0 Å². The van der Waals surface area contributed by atoms with Gasteiger partial charge in [-0.15, -0.1) is 0 Å². The number of hydrogen-bond donors (Lipinski definition) is 1. The molecule has 0 amide bonds. The van der Waals surface area contributed by atoms with Crippen molar-refractivity contribution in [3.05, 3.63) is 24.3 Å². The van der Waals surface area contributed by atoms with E-state index in [0.29, 0.717) is 12.6 Å². The van der Waals surface area contributed by atoms with E-state index in [-0.39, 0.29) is 0 Å². The Balaban J connectivity index is 2.50. The monoisotopic (exact) mass is 180 g/mol. The number of likely N-dealkylation sites (N-methyl/N-ethyl adjacent to an activating group) is 1. The van der Waals surface area contributed by atoms with E-state index in [1.54, 1.807) is 12.4 Å². The maximum atomic E-state index is 5.54. The van der Waals surface area contributed by atoms with Gasteiger partial charge in [0.1, 0.15) is 5.82 Å². The van der Waals surface area contributed by atoms with Crippen LogP contribution in [0.25, 0.3) is 0 Å². The molecule has 0 aliphatic carbocycles. The van der Waals surface area contributed by atoms with Crippen molar-refractivity contribution in [2.24, 2.45) is 5.73 Å². The minimum Gasteiger partial charge on any atom is -0.329 e. The molecule has 0 saturated heterocycles. The van der Waals surface area contributed by atoms with Crippen molar-refractivity contribution in [3.63, 3.8) is 0 Å². The van der Waals surface area contributed by atoms with Gasteiger partial charge < -0.3 is 5.73 Å². The number of rotatable bonds is 4. The molecule has 4 heteroatoms. The van der Waals surface area contributed by atoms with Crippen molar-refractivity contribution >= 4 is 0 Å². The summed E-state index contributed by atoms with van der Waals surface area (Å²) in [5, 5.41) is 0. The average Bonchev–Trinajstić information content (AvgIpc) is 2.18. The molecule has 13 heavy (non-hydrogen) atoms. The highest BCUT2D eigenvalue weighted by Crippen LogP contribution is 1.99. The highest BCUT2D eigenvalue weighted by Gasteiger charge is 2.07. The minimum atomic E-state index is 0.365. The normalized spacial score (nSPS) is 13.2. The largest absolute Gasteiger partial charge is 0.329 e. The third-order valence-corrected chi connectivity index (χ3v) is 2.10. The van der Waals surface area contributed by atoms with Crippen molar-refractivity contribution in [1.82, 2.24) is 14.9 Å². The SMILES string of the molecule is CC(CN)N(C)Cc1ncccn1. The molecule has 0 fully saturated rings. The molecule has 0 bridgehead atoms. The molecule has 0 spiro atoms. The predicted octanol–water partition coefficient (Wildman–Crippen LogP) is 0.256. The summed E-state index contributed by atoms with van der Waals surface area (Å²) in [5.41, 5.74) is 5.54. The first-order chi connectivity index (χ1) is 6.24. The van der Waals surface area contributed by atoms with Gasteiger partial charge in [0.15, 0.2) is 0 Å². The lowest BCUT2D eigenvalue weighted by atomic mass is 10.3. The van der Waals surface area contributed by atoms with E-state index in [1.165, 1.54) is 0 Å². The predicted molar refractivity (Wildman–Crippen MR) is 52.0 cm³/mol. The zero-order valence-electron chi connectivity index (χ0n) is 8.14. The summed E-state index contributed by atoms with van der Waals surface area (Å²) in [6.45, 7) is 3.49. The van der Waals surface area contributed by atoms with Gasteiger partial charge in [0, 0.05) is 25.0 Å². The zero-order valence-corrected chi connectivity index (χ0v) is 8.14. The highest BCUT2D eigenvalue weighted by molar-refractivity contribution is 4.88. The molecule has 1 aromatic heterocycles. The Morgan fingerprint density at radius 2 is 2.08 bits per heavy atom. The maximum absolute atomic E-state index is 5.54. The molecule has 0 aliphatic heterocycles. The lowest BCUT2D eigenvalue weighted by Gasteiger charge is -2.21. The molecule has 1 atom stereocenters. The number of aromatic nitrogens is 2. The molecular weight excluding hydrogens is 164 g/mol. The van der Waals surface area contributed by atoms with E-state index < -0.39 is 0 Å². The first-order valence-corrected chi connectivity index (χ1v) is 4.40. The van der Waals surface area contributed by atoms with Gasteiger partial charge in [-0.3, -0.25) is 4.90 Å². The maximum Gasteiger partial charge on any atom is 0.142 e. The Labute approximate surface area is 78.8 Å². The minimum absolute atomic E-state index is 0.365. The van der Waals surface area contributed by atoms with Crippen LogP contribution in [0.4, 0.5) is 0 Å². The van der Waals surface area contributed by atoms with Gasteiger partial charge in [0.2, 0.25) is 0 Å². The first kappa shape index (κ1) is 10.1. The summed E-state index contributed by atoms with van der Waals surface area (Å²) < 4.78 is 0. The zero-order chi connectivity index (χ0) is 9.68. The van der Waals surface area contributed by atoms with E-state index in [4.69, 9.17) is 5.73 Å². The van der Waals surface area contributed by atoms with Gasteiger partial charge in [0.25, 0.3) is 0 Å². The molecule has 0 aliphatic rings. The Morgan fingerprint density at radius 3 is 2.62 bits per heavy atom. The second-order valence-corrected chi connectivity index (χ2v) is 3.16. The smallest absolute Gasteiger partial charge is 0.142 e. The summed E-state index contributed by atoms with van der Waals surface area (Å²) in [6.07, 6.45) is 3.51. The first-order valence-electron chi connectivity index (χ1n) is 4.40. The van der Waals surface area contributed by atoms with Gasteiger partial charge in [0.05, 0.1) is 6.54 Å². The van der Waals surface area contributed by atoms with E-state index in [2.05, 4.69) is 21.8 Å². The Hall–Kier alpha value is -1.00. The molecule has 0 saturated carbocycles. The van der Waals surface area contributed by atoms with Crippen molar-refractivity contribution in [2.75, 3.05) is 13.6 Å². The van der Waals surface area contributed by atoms with Crippen LogP contribution in [0.15, 0.2) is 18.5 Å². The van der Waals surface area contributed by atoms with Crippen LogP contribution in [0, 0.1) is 0 Å². The van der Waals surface area contributed by atoms with Crippen LogP contribution < -0.4 is 5.73 Å². The Morgan fingerprint density at radius 1 is 1.46 bits per heavy atom. The lowest BCUT2D eigenvalue weighted by molar-refractivity contribution is 0.248. The van der Waals surface area contributed by atoms with E-state index in [1.807, 2.05) is 13.1 Å². The lowest BCUT2D eigenvalue weighted by Crippen LogP contribution is -2.35. The van der Waals surface area contributed by atoms with Gasteiger partial charge in [-0.25, -0.2) is 9.97 Å². The average molecular weight is 180 g/mol. The summed E-state index contributed by atoms with van der Waals surface area (Å²) in [4.78, 5) is 10.4. The number of hydrogen-bond acceptors (Lipinski definition) is 4. The highest BCUT2D eigenvalue weighted by atomic mass is 15.1. The van der Waals surface area contributed by atoms with Crippen LogP contribution in [-0.4, -0.2) is 34.5 Å². The fourth-order valence-corrected chi connectivity index (χ4v) is 0.970. The van der Waals surface area contributed by atoms with Crippen LogP contribution in [0.5, 0.6) is 0 Å². The molecule has 1 heterocycles. The molecule has 72 valence electrons. The fraction of sp³-hybridized carbons (Fsp3) is 0.556. The molecule has 1 aromatic rings. The number of nitrogens with two attached hydrogens (primary N) is 1. The van der Waals surface area contributed by atoms with Crippen LogP contribution >= 0.6 is 0 Å². The fourth-order valence-electron chi connectivity index (χ4n) is 0.970. The molecular formula is C9H16N4. The van der Waals surface area contributed by atoms with E-state index in [0.717, 1.165) is 12.4 Å². The molecule has 2 N–H and O–H groups in total.